The van der Waals surface area contributed by atoms with Gasteiger partial charge in [-0.05, 0) is 68.3 Å². The molecule has 1 saturated carbocycles. The predicted molar refractivity (Wildman–Crippen MR) is 165 cm³/mol. The number of fused-ring (bicyclic) bond motifs is 1. The number of thiazole rings is 1. The summed E-state index contributed by atoms with van der Waals surface area (Å²) in [4.78, 5) is 45.9. The smallest absolute Gasteiger partial charge is 0.315 e. The first-order valence-electron chi connectivity index (χ1n) is 15.1. The third-order valence-corrected chi connectivity index (χ3v) is 9.35. The van der Waals surface area contributed by atoms with Crippen molar-refractivity contribution in [2.24, 2.45) is 5.92 Å². The number of nitrogens with one attached hydrogen (secondary N) is 4. The van der Waals surface area contributed by atoms with Crippen molar-refractivity contribution >= 4 is 39.4 Å². The van der Waals surface area contributed by atoms with Crippen molar-refractivity contribution in [3.8, 4) is 0 Å². The Bertz CT molecular complexity index is 1220. The number of aromatic nitrogens is 1. The summed E-state index contributed by atoms with van der Waals surface area (Å²) in [5.74, 6) is 0.240. The van der Waals surface area contributed by atoms with E-state index >= 15 is 0 Å². The normalized spacial score (nSPS) is 17.8. The maximum absolute atomic E-state index is 13.7. The van der Waals surface area contributed by atoms with Crippen LogP contribution in [0.25, 0.3) is 10.2 Å². The molecule has 41 heavy (non-hydrogen) atoms. The van der Waals surface area contributed by atoms with Gasteiger partial charge in [0.1, 0.15) is 6.04 Å². The van der Waals surface area contributed by atoms with Crippen LogP contribution in [0.3, 0.4) is 0 Å². The zero-order valence-electron chi connectivity index (χ0n) is 24.8. The van der Waals surface area contributed by atoms with E-state index in [-0.39, 0.29) is 30.2 Å². The summed E-state index contributed by atoms with van der Waals surface area (Å²) in [6.07, 6.45) is 8.00. The van der Waals surface area contributed by atoms with Crippen LogP contribution in [0.15, 0.2) is 30.4 Å². The van der Waals surface area contributed by atoms with Crippen molar-refractivity contribution < 1.29 is 14.4 Å². The van der Waals surface area contributed by atoms with Gasteiger partial charge in [-0.1, -0.05) is 45.8 Å². The Morgan fingerprint density at radius 3 is 2.49 bits per heavy atom. The van der Waals surface area contributed by atoms with Crippen molar-refractivity contribution in [1.29, 1.82) is 0 Å². The maximum Gasteiger partial charge on any atom is 0.315 e. The van der Waals surface area contributed by atoms with Crippen molar-refractivity contribution in [2.45, 2.75) is 83.2 Å². The highest BCUT2D eigenvalue weighted by Gasteiger charge is 2.30. The van der Waals surface area contributed by atoms with Crippen molar-refractivity contribution in [1.82, 2.24) is 31.2 Å². The molecule has 0 radical (unpaired) electrons. The molecule has 2 heterocycles. The molecule has 2 aromatic rings. The van der Waals surface area contributed by atoms with E-state index in [1.54, 1.807) is 11.3 Å². The van der Waals surface area contributed by atoms with Crippen LogP contribution in [0.4, 0.5) is 4.79 Å². The maximum atomic E-state index is 13.7. The first kappa shape index (κ1) is 31.0. The zero-order valence-corrected chi connectivity index (χ0v) is 25.6. The van der Waals surface area contributed by atoms with Crippen LogP contribution in [0.5, 0.6) is 0 Å². The highest BCUT2D eigenvalue weighted by atomic mass is 32.1. The van der Waals surface area contributed by atoms with Gasteiger partial charge in [-0.15, -0.1) is 11.3 Å². The molecule has 2 atom stereocenters. The third kappa shape index (κ3) is 8.75. The molecule has 2 aliphatic rings. The lowest BCUT2D eigenvalue weighted by atomic mass is 9.83. The zero-order chi connectivity index (χ0) is 29.4. The Kier molecular flexibility index (Phi) is 11.2. The molecule has 1 aliphatic heterocycles. The fraction of sp³-hybridized carbons (Fsp3) is 0.613. The van der Waals surface area contributed by atoms with E-state index in [0.29, 0.717) is 24.6 Å². The van der Waals surface area contributed by atoms with Gasteiger partial charge in [0.15, 0.2) is 0 Å². The minimum absolute atomic E-state index is 0.165. The van der Waals surface area contributed by atoms with Gasteiger partial charge in [0.2, 0.25) is 11.8 Å². The second kappa shape index (κ2) is 14.8. The number of benzene rings is 1. The fourth-order valence-electron chi connectivity index (χ4n) is 5.82. The third-order valence-electron chi connectivity index (χ3n) is 8.31. The van der Waals surface area contributed by atoms with Crippen molar-refractivity contribution in [3.05, 3.63) is 40.9 Å². The van der Waals surface area contributed by atoms with E-state index in [1.807, 2.05) is 6.07 Å². The van der Waals surface area contributed by atoms with Crippen LogP contribution >= 0.6 is 11.3 Å². The molecule has 4 N–H and O–H groups in total. The minimum Gasteiger partial charge on any atom is -0.350 e. The number of nitrogens with zero attached hydrogens (tertiary/aromatic N) is 2. The number of hydrogen-bond donors (Lipinski definition) is 4. The second-order valence-corrected chi connectivity index (χ2v) is 12.9. The molecule has 9 nitrogen and oxygen atoms in total. The van der Waals surface area contributed by atoms with Gasteiger partial charge in [0.25, 0.3) is 0 Å². The number of carbonyl (C=O) groups excluding carboxylic acids is 3. The highest BCUT2D eigenvalue weighted by molar-refractivity contribution is 7.18. The Hall–Kier alpha value is -2.98. The molecule has 1 aromatic heterocycles. The summed E-state index contributed by atoms with van der Waals surface area (Å²) < 4.78 is 1.07. The van der Waals surface area contributed by atoms with Crippen molar-refractivity contribution in [3.63, 3.8) is 0 Å². The fourth-order valence-corrected chi connectivity index (χ4v) is 6.88. The SMILES string of the molecule is C=C(CN1CCCC1)C(=O)NC[C@@H](NC(=O)[C@H](Cc1nc2ccc(C(C)C)cc2s1)NC(=O)NC)C1CCCCC1. The number of likely N-dealkylation sites (tertiary alicyclic amines) is 1. The lowest BCUT2D eigenvalue weighted by Crippen LogP contribution is -2.56. The summed E-state index contributed by atoms with van der Waals surface area (Å²) in [7, 11) is 1.53. The molecule has 0 unspecified atom stereocenters. The first-order chi connectivity index (χ1) is 19.7. The van der Waals surface area contributed by atoms with Gasteiger partial charge in [0.05, 0.1) is 15.2 Å². The van der Waals surface area contributed by atoms with E-state index in [2.05, 4.69) is 58.7 Å². The molecular weight excluding hydrogens is 536 g/mol. The average Bonchev–Trinajstić information content (AvgIpc) is 3.63. The largest absolute Gasteiger partial charge is 0.350 e. The lowest BCUT2D eigenvalue weighted by molar-refractivity contribution is -0.124. The number of amides is 4. The minimum atomic E-state index is -0.799. The molecule has 4 amide bonds. The van der Waals surface area contributed by atoms with Gasteiger partial charge in [-0.2, -0.15) is 0 Å². The standard InChI is InChI=1S/C31H46N6O3S/c1-20(2)23-12-13-24-27(16-23)41-28(34-24)17-25(36-31(40)32-4)30(39)35-26(22-10-6-5-7-11-22)18-33-29(38)21(3)19-37-14-8-9-15-37/h12-13,16,20,22,25-26H,3,5-11,14-15,17-19H2,1-2,4H3,(H,33,38)(H,35,39)(H2,32,36,40)/t25-,26+/m0/s1. The molecule has 2 fully saturated rings. The van der Waals surface area contributed by atoms with E-state index in [1.165, 1.54) is 19.0 Å². The van der Waals surface area contributed by atoms with Gasteiger partial charge in [-0.25, -0.2) is 9.78 Å². The highest BCUT2D eigenvalue weighted by Crippen LogP contribution is 2.28. The van der Waals surface area contributed by atoms with Gasteiger partial charge < -0.3 is 21.3 Å². The average molecular weight is 583 g/mol. The lowest BCUT2D eigenvalue weighted by Gasteiger charge is -2.32. The summed E-state index contributed by atoms with van der Waals surface area (Å²) >= 11 is 1.55. The molecular formula is C31H46N6O3S. The van der Waals surface area contributed by atoms with Crippen LogP contribution in [-0.2, 0) is 16.0 Å². The Balaban J connectivity index is 1.45. The number of urea groups is 1. The molecule has 4 rings (SSSR count). The van der Waals surface area contributed by atoms with Crippen LogP contribution < -0.4 is 21.3 Å². The Morgan fingerprint density at radius 2 is 1.80 bits per heavy atom. The molecule has 0 bridgehead atoms. The topological polar surface area (TPSA) is 115 Å². The monoisotopic (exact) mass is 582 g/mol. The quantitative estimate of drug-likeness (QED) is 0.282. The van der Waals surface area contributed by atoms with Crippen LogP contribution in [0.1, 0.15) is 75.3 Å². The summed E-state index contributed by atoms with van der Waals surface area (Å²) in [6, 6.07) is 4.81. The summed E-state index contributed by atoms with van der Waals surface area (Å²) in [5.41, 5.74) is 2.69. The van der Waals surface area contributed by atoms with Gasteiger partial charge >= 0.3 is 6.03 Å². The first-order valence-corrected chi connectivity index (χ1v) is 15.9. The van der Waals surface area contributed by atoms with Gasteiger partial charge in [0, 0.05) is 38.2 Å². The predicted octanol–water partition coefficient (Wildman–Crippen LogP) is 4.09. The molecule has 1 saturated heterocycles. The van der Waals surface area contributed by atoms with Crippen LogP contribution in [0.2, 0.25) is 0 Å². The molecule has 1 aliphatic carbocycles. The number of rotatable bonds is 12. The Labute approximate surface area is 247 Å². The number of carbonyl (C=O) groups is 3. The van der Waals surface area contributed by atoms with E-state index in [9.17, 15) is 14.4 Å². The van der Waals surface area contributed by atoms with E-state index in [0.717, 1.165) is 66.8 Å². The summed E-state index contributed by atoms with van der Waals surface area (Å²) in [6.45, 7) is 11.2. The summed E-state index contributed by atoms with van der Waals surface area (Å²) in [5, 5.41) is 12.4. The van der Waals surface area contributed by atoms with E-state index in [4.69, 9.17) is 4.98 Å². The molecule has 10 heteroatoms. The molecule has 224 valence electrons. The van der Waals surface area contributed by atoms with Crippen LogP contribution in [-0.4, -0.2) is 73.0 Å². The van der Waals surface area contributed by atoms with Crippen molar-refractivity contribution in [2.75, 3.05) is 33.2 Å². The molecule has 1 aromatic carbocycles. The van der Waals surface area contributed by atoms with Gasteiger partial charge in [-0.3, -0.25) is 14.5 Å². The Morgan fingerprint density at radius 1 is 1.07 bits per heavy atom. The molecule has 0 spiro atoms. The van der Waals surface area contributed by atoms with Crippen LogP contribution in [0, 0.1) is 5.92 Å². The number of hydrogen-bond acceptors (Lipinski definition) is 6. The van der Waals surface area contributed by atoms with E-state index < -0.39 is 12.1 Å². The second-order valence-electron chi connectivity index (χ2n) is 11.8.